The van der Waals surface area contributed by atoms with Crippen LogP contribution in [-0.2, 0) is 4.79 Å². The van der Waals surface area contributed by atoms with Crippen molar-refractivity contribution >= 4 is 5.97 Å². The quantitative estimate of drug-likeness (QED) is 0.293. The zero-order chi connectivity index (χ0) is 16.5. The first-order valence-electron chi connectivity index (χ1n) is 9.21. The average Bonchev–Trinajstić information content (AvgIpc) is 2.50. The Hall–Kier alpha value is -0.830. The van der Waals surface area contributed by atoms with Crippen molar-refractivity contribution in [2.45, 2.75) is 103 Å². The number of carboxylic acid groups (broad SMARTS) is 1. The largest absolute Gasteiger partial charge is 0.481 e. The van der Waals surface area contributed by atoms with Crippen LogP contribution < -0.4 is 0 Å². The summed E-state index contributed by atoms with van der Waals surface area (Å²) in [6.07, 6.45) is 19.4. The first-order valence-corrected chi connectivity index (χ1v) is 9.21. The highest BCUT2D eigenvalue weighted by atomic mass is 16.4. The van der Waals surface area contributed by atoms with E-state index in [2.05, 4.69) is 12.2 Å². The van der Waals surface area contributed by atoms with E-state index in [-0.39, 0.29) is 6.10 Å². The summed E-state index contributed by atoms with van der Waals surface area (Å²) in [5, 5.41) is 18.0. The van der Waals surface area contributed by atoms with Crippen LogP contribution in [0.3, 0.4) is 0 Å². The van der Waals surface area contributed by atoms with Crippen LogP contribution in [0, 0.1) is 0 Å². The smallest absolute Gasteiger partial charge is 0.303 e. The maximum Gasteiger partial charge on any atom is 0.303 e. The number of unbranched alkanes of at least 4 members (excludes halogenated alkanes) is 9. The summed E-state index contributed by atoms with van der Waals surface area (Å²) in [5.74, 6) is -0.689. The molecule has 3 heteroatoms. The molecule has 1 unspecified atom stereocenters. The Morgan fingerprint density at radius 3 is 1.91 bits per heavy atom. The molecule has 0 fully saturated rings. The fourth-order valence-corrected chi connectivity index (χ4v) is 2.50. The van der Waals surface area contributed by atoms with E-state index in [0.717, 1.165) is 38.5 Å². The van der Waals surface area contributed by atoms with Crippen molar-refractivity contribution in [3.05, 3.63) is 12.2 Å². The lowest BCUT2D eigenvalue weighted by Gasteiger charge is -2.06. The van der Waals surface area contributed by atoms with Gasteiger partial charge in [0.25, 0.3) is 0 Å². The minimum atomic E-state index is -0.689. The number of hydrogen-bond donors (Lipinski definition) is 2. The number of aliphatic carboxylic acids is 1. The van der Waals surface area contributed by atoms with Gasteiger partial charge in [-0.05, 0) is 44.9 Å². The van der Waals surface area contributed by atoms with Crippen LogP contribution in [0.15, 0.2) is 12.2 Å². The maximum absolute atomic E-state index is 10.3. The number of carbonyl (C=O) groups is 1. The fourth-order valence-electron chi connectivity index (χ4n) is 2.50. The molecule has 0 heterocycles. The summed E-state index contributed by atoms with van der Waals surface area (Å²) in [5.41, 5.74) is 0. The van der Waals surface area contributed by atoms with Crippen molar-refractivity contribution in [3.63, 3.8) is 0 Å². The normalized spacial score (nSPS) is 12.8. The average molecular weight is 312 g/mol. The second-order valence-electron chi connectivity index (χ2n) is 6.23. The molecule has 0 spiro atoms. The Balaban J connectivity index is 3.12. The predicted molar refractivity (Wildman–Crippen MR) is 93.1 cm³/mol. The maximum atomic E-state index is 10.3. The standard InChI is InChI=1S/C19H36O3/c1-2-18(20)16-14-12-10-8-6-4-3-5-7-9-11-13-15-17-19(21)22/h7,9,18,20H,2-6,8,10-17H2,1H3,(H,21,22)/b9-7-. The van der Waals surface area contributed by atoms with Crippen molar-refractivity contribution in [1.29, 1.82) is 0 Å². The molecule has 22 heavy (non-hydrogen) atoms. The van der Waals surface area contributed by atoms with Crippen LogP contribution in [0.1, 0.15) is 96.8 Å². The molecule has 0 saturated carbocycles. The third kappa shape index (κ3) is 17.2. The van der Waals surface area contributed by atoms with Crippen LogP contribution in [0.25, 0.3) is 0 Å². The van der Waals surface area contributed by atoms with E-state index in [9.17, 15) is 9.90 Å². The summed E-state index contributed by atoms with van der Waals surface area (Å²) < 4.78 is 0. The van der Waals surface area contributed by atoms with Crippen LogP contribution in [0.4, 0.5) is 0 Å². The van der Waals surface area contributed by atoms with Crippen LogP contribution in [-0.4, -0.2) is 22.3 Å². The molecule has 0 bridgehead atoms. The number of rotatable bonds is 16. The van der Waals surface area contributed by atoms with Gasteiger partial charge in [0, 0.05) is 6.42 Å². The van der Waals surface area contributed by atoms with Crippen molar-refractivity contribution in [2.75, 3.05) is 0 Å². The lowest BCUT2D eigenvalue weighted by molar-refractivity contribution is -0.137. The molecular formula is C19H36O3. The Bertz CT molecular complexity index is 274. The molecule has 130 valence electrons. The topological polar surface area (TPSA) is 57.5 Å². The Kier molecular flexibility index (Phi) is 15.9. The van der Waals surface area contributed by atoms with Crippen molar-refractivity contribution in [1.82, 2.24) is 0 Å². The summed E-state index contributed by atoms with van der Waals surface area (Å²) in [6.45, 7) is 2.04. The summed E-state index contributed by atoms with van der Waals surface area (Å²) >= 11 is 0. The SMILES string of the molecule is CCC(O)CCCCCCCCC/C=C\CCCCC(=O)O. The molecule has 0 aromatic carbocycles. The van der Waals surface area contributed by atoms with Crippen molar-refractivity contribution in [3.8, 4) is 0 Å². The molecule has 2 N–H and O–H groups in total. The monoisotopic (exact) mass is 312 g/mol. The van der Waals surface area contributed by atoms with Gasteiger partial charge in [0.1, 0.15) is 0 Å². The minimum absolute atomic E-state index is 0.0871. The number of aliphatic hydroxyl groups is 1. The highest BCUT2D eigenvalue weighted by molar-refractivity contribution is 5.66. The van der Waals surface area contributed by atoms with Crippen LogP contribution in [0.5, 0.6) is 0 Å². The molecule has 3 nitrogen and oxygen atoms in total. The van der Waals surface area contributed by atoms with E-state index in [0.29, 0.717) is 6.42 Å². The second kappa shape index (κ2) is 16.5. The van der Waals surface area contributed by atoms with Gasteiger partial charge >= 0.3 is 5.97 Å². The molecule has 0 amide bonds. The van der Waals surface area contributed by atoms with E-state index in [1.54, 1.807) is 0 Å². The van der Waals surface area contributed by atoms with E-state index in [4.69, 9.17) is 5.11 Å². The first-order chi connectivity index (χ1) is 10.7. The Morgan fingerprint density at radius 2 is 1.36 bits per heavy atom. The van der Waals surface area contributed by atoms with Gasteiger partial charge in [-0.1, -0.05) is 57.6 Å². The number of allylic oxidation sites excluding steroid dienone is 2. The van der Waals surface area contributed by atoms with Gasteiger partial charge in [-0.15, -0.1) is 0 Å². The molecule has 0 saturated heterocycles. The molecule has 0 rings (SSSR count). The van der Waals surface area contributed by atoms with Gasteiger partial charge in [0.15, 0.2) is 0 Å². The van der Waals surface area contributed by atoms with Gasteiger partial charge < -0.3 is 10.2 Å². The van der Waals surface area contributed by atoms with Gasteiger partial charge in [-0.25, -0.2) is 0 Å². The molecule has 1 atom stereocenters. The lowest BCUT2D eigenvalue weighted by atomic mass is 10.0. The zero-order valence-electron chi connectivity index (χ0n) is 14.4. The van der Waals surface area contributed by atoms with E-state index in [1.807, 2.05) is 6.92 Å². The minimum Gasteiger partial charge on any atom is -0.481 e. The number of aliphatic hydroxyl groups excluding tert-OH is 1. The molecule has 0 aromatic heterocycles. The first kappa shape index (κ1) is 21.2. The van der Waals surface area contributed by atoms with E-state index >= 15 is 0 Å². The van der Waals surface area contributed by atoms with E-state index < -0.39 is 5.97 Å². The number of carboxylic acids is 1. The van der Waals surface area contributed by atoms with Gasteiger partial charge in [0.2, 0.25) is 0 Å². The van der Waals surface area contributed by atoms with Crippen LogP contribution >= 0.6 is 0 Å². The van der Waals surface area contributed by atoms with Gasteiger partial charge in [-0.3, -0.25) is 4.79 Å². The highest BCUT2D eigenvalue weighted by Gasteiger charge is 1.99. The molecule has 0 aliphatic rings. The molecular weight excluding hydrogens is 276 g/mol. The van der Waals surface area contributed by atoms with Crippen molar-refractivity contribution in [2.24, 2.45) is 0 Å². The predicted octanol–water partition coefficient (Wildman–Crippen LogP) is 5.47. The fraction of sp³-hybridized carbons (Fsp3) is 0.842. The summed E-state index contributed by atoms with van der Waals surface area (Å²) in [4.78, 5) is 10.3. The van der Waals surface area contributed by atoms with E-state index in [1.165, 1.54) is 44.9 Å². The molecule has 0 aliphatic carbocycles. The third-order valence-electron chi connectivity index (χ3n) is 4.06. The van der Waals surface area contributed by atoms with Gasteiger partial charge in [0.05, 0.1) is 6.10 Å². The van der Waals surface area contributed by atoms with Crippen LogP contribution in [0.2, 0.25) is 0 Å². The lowest BCUT2D eigenvalue weighted by Crippen LogP contribution is -2.03. The Morgan fingerprint density at radius 1 is 0.864 bits per heavy atom. The molecule has 0 aliphatic heterocycles. The summed E-state index contributed by atoms with van der Waals surface area (Å²) in [6, 6.07) is 0. The third-order valence-corrected chi connectivity index (χ3v) is 4.06. The number of hydrogen-bond acceptors (Lipinski definition) is 2. The zero-order valence-corrected chi connectivity index (χ0v) is 14.4. The molecule has 0 aromatic rings. The molecule has 0 radical (unpaired) electrons. The highest BCUT2D eigenvalue weighted by Crippen LogP contribution is 2.12. The second-order valence-corrected chi connectivity index (χ2v) is 6.23. The van der Waals surface area contributed by atoms with Crippen molar-refractivity contribution < 1.29 is 15.0 Å². The van der Waals surface area contributed by atoms with Gasteiger partial charge in [-0.2, -0.15) is 0 Å². The Labute approximate surface area is 136 Å². The summed E-state index contributed by atoms with van der Waals surface area (Å²) in [7, 11) is 0.